The molecule has 2 aliphatic heterocycles. The molecule has 0 saturated carbocycles. The van der Waals surface area contributed by atoms with Crippen LogP contribution in [-0.4, -0.2) is 78.7 Å². The van der Waals surface area contributed by atoms with Crippen LogP contribution in [-0.2, 0) is 4.74 Å². The summed E-state index contributed by atoms with van der Waals surface area (Å²) in [5.41, 5.74) is -0.493. The van der Waals surface area contributed by atoms with Crippen LogP contribution in [0.5, 0.6) is 0 Å². The zero-order chi connectivity index (χ0) is 19.4. The zero-order valence-electron chi connectivity index (χ0n) is 16.0. The molecule has 1 fully saturated rings. The number of fused-ring (bicyclic) bond motifs is 1. The van der Waals surface area contributed by atoms with E-state index < -0.39 is 5.60 Å². The Kier molecular flexibility index (Phi) is 5.57. The van der Waals surface area contributed by atoms with Crippen LogP contribution in [0.2, 0.25) is 0 Å². The molecule has 1 aromatic heterocycles. The van der Waals surface area contributed by atoms with Crippen molar-refractivity contribution in [3.05, 3.63) is 24.2 Å². The van der Waals surface area contributed by atoms with Gasteiger partial charge in [0.2, 0.25) is 0 Å². The summed E-state index contributed by atoms with van der Waals surface area (Å²) in [5.74, 6) is 0.877. The van der Waals surface area contributed by atoms with Crippen LogP contribution >= 0.6 is 0 Å². The second kappa shape index (κ2) is 7.89. The van der Waals surface area contributed by atoms with Gasteiger partial charge in [0.15, 0.2) is 11.7 Å². The number of amides is 2. The third-order valence-electron chi connectivity index (χ3n) is 4.30. The van der Waals surface area contributed by atoms with Crippen molar-refractivity contribution in [1.29, 1.82) is 0 Å². The molecule has 0 spiro atoms. The van der Waals surface area contributed by atoms with Gasteiger partial charge in [-0.05, 0) is 32.9 Å². The van der Waals surface area contributed by atoms with Gasteiger partial charge in [-0.2, -0.15) is 0 Å². The molecule has 1 aromatic rings. The second-order valence-electron chi connectivity index (χ2n) is 7.60. The molecule has 1 saturated heterocycles. The summed E-state index contributed by atoms with van der Waals surface area (Å²) >= 11 is 0. The van der Waals surface area contributed by atoms with Crippen molar-refractivity contribution < 1.29 is 18.7 Å². The summed E-state index contributed by atoms with van der Waals surface area (Å²) in [5, 5.41) is 6.05. The number of rotatable bonds is 4. The number of ether oxygens (including phenoxy) is 1. The summed E-state index contributed by atoms with van der Waals surface area (Å²) in [7, 11) is 0. The number of carbonyl (C=O) groups excluding carboxylic acids is 2. The Hall–Kier alpha value is -2.71. The summed E-state index contributed by atoms with van der Waals surface area (Å²) in [6.45, 7) is 9.16. The van der Waals surface area contributed by atoms with Crippen molar-refractivity contribution in [1.82, 2.24) is 20.4 Å². The third kappa shape index (κ3) is 4.93. The molecule has 0 aliphatic carbocycles. The molecule has 2 N–H and O–H groups in total. The number of nitrogens with zero attached hydrogens (tertiary/aromatic N) is 3. The van der Waals surface area contributed by atoms with Gasteiger partial charge in [-0.15, -0.1) is 0 Å². The lowest BCUT2D eigenvalue weighted by molar-refractivity contribution is 0.0137. The predicted molar refractivity (Wildman–Crippen MR) is 99.6 cm³/mol. The van der Waals surface area contributed by atoms with E-state index >= 15 is 0 Å². The molecule has 27 heavy (non-hydrogen) atoms. The largest absolute Gasteiger partial charge is 0.459 e. The number of hydrogen-bond acceptors (Lipinski definition) is 7. The first-order valence-electron chi connectivity index (χ1n) is 9.18. The summed E-state index contributed by atoms with van der Waals surface area (Å²) < 4.78 is 10.5. The Morgan fingerprint density at radius 2 is 2.15 bits per heavy atom. The zero-order valence-corrected chi connectivity index (χ0v) is 16.0. The van der Waals surface area contributed by atoms with Crippen LogP contribution in [0.15, 0.2) is 27.8 Å². The van der Waals surface area contributed by atoms with E-state index in [2.05, 4.69) is 20.5 Å². The maximum atomic E-state index is 12.2. The van der Waals surface area contributed by atoms with Crippen molar-refractivity contribution in [2.45, 2.75) is 32.4 Å². The van der Waals surface area contributed by atoms with Crippen LogP contribution in [0.1, 0.15) is 31.3 Å². The highest BCUT2D eigenvalue weighted by molar-refractivity contribution is 5.91. The monoisotopic (exact) mass is 377 g/mol. The van der Waals surface area contributed by atoms with Gasteiger partial charge < -0.3 is 29.6 Å². The van der Waals surface area contributed by atoms with E-state index in [0.29, 0.717) is 45.0 Å². The fraction of sp³-hybridized carbons (Fsp3) is 0.611. The summed E-state index contributed by atoms with van der Waals surface area (Å²) in [4.78, 5) is 32.5. The number of guanidine groups is 1. The van der Waals surface area contributed by atoms with Crippen LogP contribution in [0.3, 0.4) is 0 Å². The van der Waals surface area contributed by atoms with Gasteiger partial charge in [0.05, 0.1) is 18.8 Å². The maximum Gasteiger partial charge on any atom is 0.410 e. The van der Waals surface area contributed by atoms with Crippen molar-refractivity contribution in [2.75, 3.05) is 39.3 Å². The molecule has 1 unspecified atom stereocenters. The minimum Gasteiger partial charge on any atom is -0.459 e. The Labute approximate surface area is 158 Å². The molecule has 9 heteroatoms. The lowest BCUT2D eigenvalue weighted by Crippen LogP contribution is -2.57. The molecule has 3 rings (SSSR count). The number of piperazine rings is 1. The standard InChI is InChI=1S/C18H27N5O4/c1-18(2,3)27-17(25)22-8-9-23-13(12-22)11-21-16(23)20-7-6-19-15(24)14-5-4-10-26-14/h4-5,10,13H,6-9,11-12H2,1-3H3,(H,19,24)(H,20,21). The van der Waals surface area contributed by atoms with Crippen LogP contribution in [0, 0.1) is 0 Å². The average molecular weight is 377 g/mol. The van der Waals surface area contributed by atoms with E-state index in [4.69, 9.17) is 9.15 Å². The topological polar surface area (TPSA) is 99.4 Å². The quantitative estimate of drug-likeness (QED) is 0.756. The summed E-state index contributed by atoms with van der Waals surface area (Å²) in [6.07, 6.45) is 1.20. The Morgan fingerprint density at radius 3 is 2.85 bits per heavy atom. The molecule has 0 bridgehead atoms. The Balaban J connectivity index is 1.40. The molecule has 0 aromatic carbocycles. The first-order valence-corrected chi connectivity index (χ1v) is 9.18. The molecule has 2 aliphatic rings. The van der Waals surface area contributed by atoms with Crippen molar-refractivity contribution in [3.8, 4) is 0 Å². The van der Waals surface area contributed by atoms with Crippen molar-refractivity contribution in [2.24, 2.45) is 4.99 Å². The average Bonchev–Trinajstić information content (AvgIpc) is 3.26. The van der Waals surface area contributed by atoms with Gasteiger partial charge in [-0.3, -0.25) is 9.79 Å². The normalized spacial score (nSPS) is 19.4. The van der Waals surface area contributed by atoms with E-state index in [1.807, 2.05) is 20.8 Å². The predicted octanol–water partition coefficient (Wildman–Crippen LogP) is 0.890. The second-order valence-corrected chi connectivity index (χ2v) is 7.60. The molecule has 2 amide bonds. The minimum absolute atomic E-state index is 0.159. The van der Waals surface area contributed by atoms with Crippen LogP contribution < -0.4 is 10.6 Å². The molecule has 9 nitrogen and oxygen atoms in total. The van der Waals surface area contributed by atoms with E-state index in [-0.39, 0.29) is 18.0 Å². The minimum atomic E-state index is -0.493. The van der Waals surface area contributed by atoms with E-state index in [1.54, 1.807) is 17.0 Å². The SMILES string of the molecule is CC(C)(C)OC(=O)N1CCN2C(NCCNC(=O)c3ccco3)=NCC2C1. The number of hydrogen-bond donors (Lipinski definition) is 2. The van der Waals surface area contributed by atoms with Gasteiger partial charge in [-0.25, -0.2) is 4.79 Å². The van der Waals surface area contributed by atoms with Gasteiger partial charge in [0.25, 0.3) is 5.91 Å². The van der Waals surface area contributed by atoms with Crippen molar-refractivity contribution >= 4 is 18.0 Å². The fourth-order valence-electron chi connectivity index (χ4n) is 3.07. The molecular weight excluding hydrogens is 350 g/mol. The van der Waals surface area contributed by atoms with Crippen LogP contribution in [0.4, 0.5) is 4.79 Å². The van der Waals surface area contributed by atoms with E-state index in [9.17, 15) is 9.59 Å². The van der Waals surface area contributed by atoms with Crippen LogP contribution in [0.25, 0.3) is 0 Å². The summed E-state index contributed by atoms with van der Waals surface area (Å²) in [6, 6.07) is 3.46. The fourth-order valence-corrected chi connectivity index (χ4v) is 3.07. The highest BCUT2D eigenvalue weighted by Gasteiger charge is 2.36. The number of carbonyl (C=O) groups is 2. The highest BCUT2D eigenvalue weighted by atomic mass is 16.6. The molecule has 148 valence electrons. The third-order valence-corrected chi connectivity index (χ3v) is 4.30. The van der Waals surface area contributed by atoms with Crippen molar-refractivity contribution in [3.63, 3.8) is 0 Å². The van der Waals surface area contributed by atoms with Gasteiger partial charge in [0, 0.05) is 32.7 Å². The van der Waals surface area contributed by atoms with Gasteiger partial charge in [0.1, 0.15) is 5.60 Å². The first-order chi connectivity index (χ1) is 12.8. The number of nitrogens with one attached hydrogen (secondary N) is 2. The number of furan rings is 1. The Morgan fingerprint density at radius 1 is 1.33 bits per heavy atom. The van der Waals surface area contributed by atoms with E-state index in [1.165, 1.54) is 6.26 Å². The molecule has 3 heterocycles. The lowest BCUT2D eigenvalue weighted by Gasteiger charge is -2.39. The highest BCUT2D eigenvalue weighted by Crippen LogP contribution is 2.18. The first kappa shape index (κ1) is 19.1. The van der Waals surface area contributed by atoms with Gasteiger partial charge >= 0.3 is 6.09 Å². The Bertz CT molecular complexity index is 695. The molecule has 0 radical (unpaired) electrons. The van der Waals surface area contributed by atoms with E-state index in [0.717, 1.165) is 5.96 Å². The smallest absolute Gasteiger partial charge is 0.410 e. The van der Waals surface area contributed by atoms with Gasteiger partial charge in [-0.1, -0.05) is 0 Å². The molecular formula is C18H27N5O4. The molecule has 1 atom stereocenters. The number of aliphatic imine (C=N–C) groups is 1. The lowest BCUT2D eigenvalue weighted by atomic mass is 10.2. The maximum absolute atomic E-state index is 12.2.